The molecule has 6 nitrogen and oxygen atoms in total. The number of nitrogens with zero attached hydrogens (tertiary/aromatic N) is 2. The number of carbonyl (C=O) groups is 2. The third-order valence-electron chi connectivity index (χ3n) is 2.95. The first-order valence-corrected chi connectivity index (χ1v) is 7.99. The van der Waals surface area contributed by atoms with E-state index in [2.05, 4.69) is 10.3 Å². The van der Waals surface area contributed by atoms with Crippen molar-refractivity contribution in [3.63, 3.8) is 0 Å². The van der Waals surface area contributed by atoms with Gasteiger partial charge < -0.3 is 4.74 Å². The minimum Gasteiger partial charge on any atom is -0.462 e. The van der Waals surface area contributed by atoms with Crippen LogP contribution < -0.4 is 5.32 Å². The van der Waals surface area contributed by atoms with E-state index in [0.717, 1.165) is 16.9 Å². The maximum atomic E-state index is 12.2. The lowest BCUT2D eigenvalue weighted by Crippen LogP contribution is -2.13. The van der Waals surface area contributed by atoms with Crippen molar-refractivity contribution in [1.29, 1.82) is 5.26 Å². The first-order chi connectivity index (χ1) is 11.5. The minimum absolute atomic E-state index is 0.0493. The zero-order valence-electron chi connectivity index (χ0n) is 13.2. The van der Waals surface area contributed by atoms with E-state index < -0.39 is 11.9 Å². The first-order valence-electron chi connectivity index (χ1n) is 7.18. The summed E-state index contributed by atoms with van der Waals surface area (Å²) in [5, 5.41) is 12.0. The molecule has 0 radical (unpaired) electrons. The van der Waals surface area contributed by atoms with Crippen molar-refractivity contribution in [2.75, 3.05) is 11.9 Å². The summed E-state index contributed by atoms with van der Waals surface area (Å²) < 4.78 is 4.93. The Balaban J connectivity index is 2.17. The van der Waals surface area contributed by atoms with Crippen molar-refractivity contribution in [3.05, 3.63) is 52.0 Å². The van der Waals surface area contributed by atoms with Gasteiger partial charge in [0.05, 0.1) is 12.3 Å². The van der Waals surface area contributed by atoms with E-state index in [0.29, 0.717) is 10.6 Å². The fourth-order valence-electron chi connectivity index (χ4n) is 1.86. The molecule has 1 aromatic heterocycles. The summed E-state index contributed by atoms with van der Waals surface area (Å²) >= 11 is 1.02. The fourth-order valence-corrected chi connectivity index (χ4v) is 2.72. The largest absolute Gasteiger partial charge is 0.462 e. The average Bonchev–Trinajstić information content (AvgIpc) is 2.94. The van der Waals surface area contributed by atoms with Crippen LogP contribution >= 0.6 is 11.3 Å². The maximum absolute atomic E-state index is 12.2. The molecule has 1 N–H and O–H groups in total. The van der Waals surface area contributed by atoms with Crippen molar-refractivity contribution in [2.45, 2.75) is 13.8 Å². The summed E-state index contributed by atoms with van der Waals surface area (Å²) in [6, 6.07) is 10.9. The van der Waals surface area contributed by atoms with Crippen molar-refractivity contribution < 1.29 is 14.3 Å². The number of nitrogens with one attached hydrogen (secondary N) is 1. The molecule has 1 amide bonds. The van der Waals surface area contributed by atoms with E-state index in [9.17, 15) is 14.9 Å². The van der Waals surface area contributed by atoms with Crippen LogP contribution in [0.4, 0.5) is 5.13 Å². The normalized spacial score (nSPS) is 10.8. The van der Waals surface area contributed by atoms with Crippen molar-refractivity contribution in [1.82, 2.24) is 4.98 Å². The van der Waals surface area contributed by atoms with Gasteiger partial charge in [-0.05, 0) is 25.5 Å². The predicted molar refractivity (Wildman–Crippen MR) is 91.5 cm³/mol. The highest BCUT2D eigenvalue weighted by atomic mass is 32.1. The van der Waals surface area contributed by atoms with Gasteiger partial charge >= 0.3 is 5.97 Å². The second kappa shape index (κ2) is 8.04. The van der Waals surface area contributed by atoms with E-state index >= 15 is 0 Å². The summed E-state index contributed by atoms with van der Waals surface area (Å²) in [7, 11) is 0. The minimum atomic E-state index is -0.578. The number of amides is 1. The summed E-state index contributed by atoms with van der Waals surface area (Å²) in [4.78, 5) is 28.4. The van der Waals surface area contributed by atoms with Gasteiger partial charge in [0.15, 0.2) is 5.13 Å². The van der Waals surface area contributed by atoms with Crippen LogP contribution in [-0.4, -0.2) is 23.5 Å². The number of aryl methyl sites for hydroxylation is 1. The Morgan fingerprint density at radius 3 is 2.71 bits per heavy atom. The van der Waals surface area contributed by atoms with E-state index in [1.807, 2.05) is 24.3 Å². The van der Waals surface area contributed by atoms with Gasteiger partial charge in [-0.1, -0.05) is 41.7 Å². The molecule has 0 bridgehead atoms. The molecule has 0 aliphatic heterocycles. The van der Waals surface area contributed by atoms with Gasteiger partial charge in [-0.25, -0.2) is 9.78 Å². The van der Waals surface area contributed by atoms with E-state index in [4.69, 9.17) is 4.74 Å². The number of esters is 1. The molecule has 7 heteroatoms. The van der Waals surface area contributed by atoms with Crippen LogP contribution in [0.3, 0.4) is 0 Å². The maximum Gasteiger partial charge on any atom is 0.350 e. The molecule has 1 aromatic carbocycles. The molecule has 0 aliphatic carbocycles. The summed E-state index contributed by atoms with van der Waals surface area (Å²) in [6.45, 7) is 3.63. The third-order valence-corrected chi connectivity index (χ3v) is 4.01. The Morgan fingerprint density at radius 2 is 2.08 bits per heavy atom. The highest BCUT2D eigenvalue weighted by molar-refractivity contribution is 7.17. The molecular weight excluding hydrogens is 326 g/mol. The number of ether oxygens (including phenoxy) is 1. The Labute approximate surface area is 143 Å². The molecule has 2 aromatic rings. The number of benzene rings is 1. The highest BCUT2D eigenvalue weighted by Crippen LogP contribution is 2.24. The molecule has 0 spiro atoms. The van der Waals surface area contributed by atoms with Crippen LogP contribution in [0.5, 0.6) is 0 Å². The molecule has 0 fully saturated rings. The number of nitriles is 1. The van der Waals surface area contributed by atoms with Gasteiger partial charge in [0, 0.05) is 0 Å². The molecule has 1 heterocycles. The Hall–Kier alpha value is -2.98. The molecule has 122 valence electrons. The molecule has 0 saturated heterocycles. The molecule has 0 saturated carbocycles. The zero-order valence-corrected chi connectivity index (χ0v) is 14.0. The lowest BCUT2D eigenvalue weighted by molar-refractivity contribution is -0.112. The first kappa shape index (κ1) is 17.4. The molecule has 2 rings (SSSR count). The van der Waals surface area contributed by atoms with Gasteiger partial charge in [0.25, 0.3) is 5.91 Å². The van der Waals surface area contributed by atoms with Gasteiger partial charge in [-0.2, -0.15) is 5.26 Å². The monoisotopic (exact) mass is 341 g/mol. The third kappa shape index (κ3) is 4.27. The Kier molecular flexibility index (Phi) is 5.82. The number of hydrogen-bond donors (Lipinski definition) is 1. The van der Waals surface area contributed by atoms with Crippen LogP contribution in [-0.2, 0) is 9.53 Å². The fraction of sp³-hybridized carbons (Fsp3) is 0.176. The molecule has 0 atom stereocenters. The van der Waals surface area contributed by atoms with Crippen LogP contribution in [0.25, 0.3) is 6.08 Å². The Bertz CT molecular complexity index is 819. The van der Waals surface area contributed by atoms with Gasteiger partial charge in [0.1, 0.15) is 16.5 Å². The molecule has 0 aliphatic rings. The Morgan fingerprint density at radius 1 is 1.38 bits per heavy atom. The number of thiazole rings is 1. The van der Waals surface area contributed by atoms with Crippen LogP contribution in [0.15, 0.2) is 35.9 Å². The number of hydrogen-bond acceptors (Lipinski definition) is 6. The smallest absolute Gasteiger partial charge is 0.350 e. The number of carbonyl (C=O) groups excluding carboxylic acids is 2. The topological polar surface area (TPSA) is 92.1 Å². The van der Waals surface area contributed by atoms with Crippen molar-refractivity contribution in [2.24, 2.45) is 0 Å². The highest BCUT2D eigenvalue weighted by Gasteiger charge is 2.18. The SMILES string of the molecule is CCOC(=O)c1sc(NC(=O)/C(C#N)=C\c2ccccc2)nc1C. The zero-order chi connectivity index (χ0) is 17.5. The lowest BCUT2D eigenvalue weighted by atomic mass is 10.1. The molecule has 24 heavy (non-hydrogen) atoms. The van der Waals surface area contributed by atoms with Gasteiger partial charge in [-0.3, -0.25) is 10.1 Å². The van der Waals surface area contributed by atoms with Crippen molar-refractivity contribution in [3.8, 4) is 6.07 Å². The number of anilines is 1. The lowest BCUT2D eigenvalue weighted by Gasteiger charge is -2.00. The van der Waals surface area contributed by atoms with Gasteiger partial charge in [0.2, 0.25) is 0 Å². The van der Waals surface area contributed by atoms with E-state index in [1.165, 1.54) is 6.08 Å². The number of rotatable bonds is 5. The predicted octanol–water partition coefficient (Wildman–Crippen LogP) is 3.17. The second-order valence-electron chi connectivity index (χ2n) is 4.69. The average molecular weight is 341 g/mol. The summed E-state index contributed by atoms with van der Waals surface area (Å²) in [5.74, 6) is -1.06. The van der Waals surface area contributed by atoms with Gasteiger partial charge in [-0.15, -0.1) is 0 Å². The van der Waals surface area contributed by atoms with E-state index in [1.54, 1.807) is 26.0 Å². The summed E-state index contributed by atoms with van der Waals surface area (Å²) in [5.41, 5.74) is 1.16. The van der Waals surface area contributed by atoms with E-state index in [-0.39, 0.29) is 17.3 Å². The standard InChI is InChI=1S/C17H15N3O3S/c1-3-23-16(22)14-11(2)19-17(24-14)20-15(21)13(10-18)9-12-7-5-4-6-8-12/h4-9H,3H2,1-2H3,(H,19,20,21)/b13-9-. The van der Waals surface area contributed by atoms with Crippen LogP contribution in [0.2, 0.25) is 0 Å². The second-order valence-corrected chi connectivity index (χ2v) is 5.69. The molecule has 0 unspecified atom stereocenters. The quantitative estimate of drug-likeness (QED) is 0.512. The number of aromatic nitrogens is 1. The summed E-state index contributed by atoms with van der Waals surface area (Å²) in [6.07, 6.45) is 1.49. The van der Waals surface area contributed by atoms with Crippen molar-refractivity contribution >= 4 is 34.4 Å². The molecular formula is C17H15N3O3S. The van der Waals surface area contributed by atoms with Crippen LogP contribution in [0.1, 0.15) is 27.9 Å². The van der Waals surface area contributed by atoms with Crippen LogP contribution in [0, 0.1) is 18.3 Å².